The van der Waals surface area contributed by atoms with Crippen LogP contribution >= 0.6 is 23.2 Å². The quantitative estimate of drug-likeness (QED) is 0.646. The number of halogens is 2. The molecule has 1 aromatic carbocycles. The Morgan fingerprint density at radius 2 is 1.84 bits per heavy atom. The van der Waals surface area contributed by atoms with E-state index < -0.39 is 0 Å². The van der Waals surface area contributed by atoms with Gasteiger partial charge in [0.15, 0.2) is 0 Å². The van der Waals surface area contributed by atoms with Gasteiger partial charge in [-0.05, 0) is 49.8 Å². The Morgan fingerprint density at radius 1 is 1.26 bits per heavy atom. The molecule has 1 saturated carbocycles. The molecule has 0 radical (unpaired) electrons. The fourth-order valence-corrected chi connectivity index (χ4v) is 3.09. The zero-order valence-corrected chi connectivity index (χ0v) is 13.1. The topological polar surface area (TPSA) is 12.4 Å². The Labute approximate surface area is 125 Å². The molecule has 0 amide bonds. The number of hydrogen-bond donors (Lipinski definition) is 0. The number of aliphatic imine (C=N–C) groups is 1. The molecule has 1 fully saturated rings. The fraction of sp³-hybridized carbons (Fsp3) is 0.438. The maximum atomic E-state index is 6.32. The molecular weight excluding hydrogens is 277 g/mol. The van der Waals surface area contributed by atoms with Crippen molar-refractivity contribution >= 4 is 28.9 Å². The first kappa shape index (κ1) is 14.6. The number of hydrogen-bond acceptors (Lipinski definition) is 1. The van der Waals surface area contributed by atoms with E-state index in [1.807, 2.05) is 25.2 Å². The van der Waals surface area contributed by atoms with Gasteiger partial charge in [-0.1, -0.05) is 41.8 Å². The van der Waals surface area contributed by atoms with E-state index in [1.165, 1.54) is 24.0 Å². The van der Waals surface area contributed by atoms with Gasteiger partial charge in [-0.15, -0.1) is 0 Å². The smallest absolute Gasteiger partial charge is 0.0704 e. The van der Waals surface area contributed by atoms with Gasteiger partial charge in [0.2, 0.25) is 0 Å². The summed E-state index contributed by atoms with van der Waals surface area (Å²) in [5.74, 6) is 0.730. The highest BCUT2D eigenvalue weighted by atomic mass is 35.5. The van der Waals surface area contributed by atoms with Crippen LogP contribution in [0.3, 0.4) is 0 Å². The van der Waals surface area contributed by atoms with Crippen molar-refractivity contribution in [2.24, 2.45) is 10.9 Å². The van der Waals surface area contributed by atoms with Crippen molar-refractivity contribution in [3.05, 3.63) is 45.0 Å². The van der Waals surface area contributed by atoms with E-state index in [-0.39, 0.29) is 0 Å². The van der Waals surface area contributed by atoms with Gasteiger partial charge < -0.3 is 0 Å². The Morgan fingerprint density at radius 3 is 2.26 bits per heavy atom. The largest absolute Gasteiger partial charge is 0.288 e. The Balaban J connectivity index is 2.54. The van der Waals surface area contributed by atoms with Crippen molar-refractivity contribution in [2.45, 2.75) is 33.1 Å². The summed E-state index contributed by atoms with van der Waals surface area (Å²) in [6.45, 7) is 4.38. The summed E-state index contributed by atoms with van der Waals surface area (Å²) in [6, 6.07) is 5.60. The first-order chi connectivity index (χ1) is 9.10. The predicted molar refractivity (Wildman–Crippen MR) is 84.6 cm³/mol. The molecule has 102 valence electrons. The van der Waals surface area contributed by atoms with Crippen LogP contribution in [0, 0.1) is 5.92 Å². The molecular formula is C16H19Cl2N. The van der Waals surface area contributed by atoms with Crippen LogP contribution in [0.5, 0.6) is 0 Å². The van der Waals surface area contributed by atoms with E-state index in [1.54, 1.807) is 0 Å². The van der Waals surface area contributed by atoms with E-state index in [4.69, 9.17) is 23.2 Å². The number of nitrogens with zero attached hydrogens (tertiary/aromatic N) is 1. The monoisotopic (exact) mass is 295 g/mol. The van der Waals surface area contributed by atoms with Crippen molar-refractivity contribution < 1.29 is 0 Å². The first-order valence-electron chi connectivity index (χ1n) is 6.71. The highest BCUT2D eigenvalue weighted by Crippen LogP contribution is 2.40. The Kier molecular flexibility index (Phi) is 4.70. The van der Waals surface area contributed by atoms with E-state index in [0.29, 0.717) is 10.0 Å². The van der Waals surface area contributed by atoms with Crippen molar-refractivity contribution in [2.75, 3.05) is 7.05 Å². The minimum atomic E-state index is 0.669. The maximum absolute atomic E-state index is 6.32. The third kappa shape index (κ3) is 3.04. The molecule has 2 rings (SSSR count). The van der Waals surface area contributed by atoms with Gasteiger partial charge in [0.05, 0.1) is 15.8 Å². The van der Waals surface area contributed by atoms with Gasteiger partial charge in [-0.3, -0.25) is 4.99 Å². The molecule has 3 heteroatoms. The van der Waals surface area contributed by atoms with Crippen LogP contribution in [-0.2, 0) is 0 Å². The Hall–Kier alpha value is -0.790. The zero-order valence-electron chi connectivity index (χ0n) is 11.6. The Bertz CT molecular complexity index is 519. The summed E-state index contributed by atoms with van der Waals surface area (Å²) in [7, 11) is 1.81. The molecule has 0 aliphatic heterocycles. The van der Waals surface area contributed by atoms with Crippen LogP contribution in [0.15, 0.2) is 34.3 Å². The van der Waals surface area contributed by atoms with Crippen LogP contribution in [0.1, 0.15) is 38.7 Å². The summed E-state index contributed by atoms with van der Waals surface area (Å²) in [5, 5.41) is 1.34. The molecule has 0 atom stereocenters. The average molecular weight is 296 g/mol. The van der Waals surface area contributed by atoms with E-state index in [2.05, 4.69) is 18.8 Å². The molecule has 1 aliphatic carbocycles. The van der Waals surface area contributed by atoms with E-state index >= 15 is 0 Å². The maximum Gasteiger partial charge on any atom is 0.0704 e. The molecule has 0 unspecified atom stereocenters. The standard InChI is InChI=1S/C16H19Cl2N/c1-4-12(10(2)11-8-9-11)16(19-3)15-13(17)6-5-7-14(15)18/h5-7,11H,4,8-9H2,1-3H3/b12-10+,19-16?. The highest BCUT2D eigenvalue weighted by Gasteiger charge is 2.27. The second kappa shape index (κ2) is 6.11. The van der Waals surface area contributed by atoms with Gasteiger partial charge in [0.25, 0.3) is 0 Å². The lowest BCUT2D eigenvalue weighted by atomic mass is 9.94. The van der Waals surface area contributed by atoms with Crippen LogP contribution < -0.4 is 0 Å². The van der Waals surface area contributed by atoms with Crippen molar-refractivity contribution in [3.8, 4) is 0 Å². The van der Waals surface area contributed by atoms with Gasteiger partial charge in [-0.25, -0.2) is 0 Å². The second-order valence-electron chi connectivity index (χ2n) is 4.96. The van der Waals surface area contributed by atoms with E-state index in [0.717, 1.165) is 23.6 Å². The summed E-state index contributed by atoms with van der Waals surface area (Å²) < 4.78 is 0. The number of allylic oxidation sites excluding steroid dienone is 2. The van der Waals surface area contributed by atoms with Crippen molar-refractivity contribution in [3.63, 3.8) is 0 Å². The molecule has 0 saturated heterocycles. The van der Waals surface area contributed by atoms with Crippen LogP contribution in [-0.4, -0.2) is 12.8 Å². The van der Waals surface area contributed by atoms with Gasteiger partial charge >= 0.3 is 0 Å². The first-order valence-corrected chi connectivity index (χ1v) is 7.46. The lowest BCUT2D eigenvalue weighted by molar-refractivity contribution is 0.960. The molecule has 0 heterocycles. The van der Waals surface area contributed by atoms with Gasteiger partial charge in [0, 0.05) is 12.6 Å². The third-order valence-corrected chi connectivity index (χ3v) is 4.36. The summed E-state index contributed by atoms with van der Waals surface area (Å²) in [5.41, 5.74) is 4.55. The molecule has 0 N–H and O–H groups in total. The van der Waals surface area contributed by atoms with Gasteiger partial charge in [0.1, 0.15) is 0 Å². The fourth-order valence-electron chi connectivity index (χ4n) is 2.52. The lowest BCUT2D eigenvalue weighted by Crippen LogP contribution is -2.09. The van der Waals surface area contributed by atoms with Crippen molar-refractivity contribution in [1.82, 2.24) is 0 Å². The molecule has 0 bridgehead atoms. The normalized spacial score (nSPS) is 17.4. The number of benzene rings is 1. The molecule has 0 aromatic heterocycles. The molecule has 1 aromatic rings. The molecule has 1 aliphatic rings. The van der Waals surface area contributed by atoms with Crippen LogP contribution in [0.2, 0.25) is 10.0 Å². The van der Waals surface area contributed by atoms with E-state index in [9.17, 15) is 0 Å². The van der Waals surface area contributed by atoms with Crippen LogP contribution in [0.4, 0.5) is 0 Å². The summed E-state index contributed by atoms with van der Waals surface area (Å²) >= 11 is 12.6. The molecule has 1 nitrogen and oxygen atoms in total. The minimum absolute atomic E-state index is 0.669. The predicted octanol–water partition coefficient (Wildman–Crippen LogP) is 5.55. The van der Waals surface area contributed by atoms with Gasteiger partial charge in [-0.2, -0.15) is 0 Å². The molecule has 0 spiro atoms. The molecule has 19 heavy (non-hydrogen) atoms. The second-order valence-corrected chi connectivity index (χ2v) is 5.77. The number of rotatable bonds is 4. The summed E-state index contributed by atoms with van der Waals surface area (Å²) in [6.07, 6.45) is 3.54. The zero-order chi connectivity index (χ0) is 14.0. The van der Waals surface area contributed by atoms with Crippen molar-refractivity contribution in [1.29, 1.82) is 0 Å². The SMILES string of the molecule is CC/C(C(=NC)c1c(Cl)cccc1Cl)=C(/C)C1CC1. The summed E-state index contributed by atoms with van der Waals surface area (Å²) in [4.78, 5) is 4.47. The minimum Gasteiger partial charge on any atom is -0.288 e. The average Bonchev–Trinajstić information content (AvgIpc) is 3.21. The van der Waals surface area contributed by atoms with Crippen LogP contribution in [0.25, 0.3) is 0 Å². The lowest BCUT2D eigenvalue weighted by Gasteiger charge is -2.15. The highest BCUT2D eigenvalue weighted by molar-refractivity contribution is 6.41. The third-order valence-electron chi connectivity index (χ3n) is 3.73.